The van der Waals surface area contributed by atoms with Crippen LogP contribution in [0.1, 0.15) is 13.8 Å². The van der Waals surface area contributed by atoms with E-state index in [9.17, 15) is 10.1 Å². The van der Waals surface area contributed by atoms with Gasteiger partial charge in [-0.25, -0.2) is 4.98 Å². The number of pyridine rings is 1. The Morgan fingerprint density at radius 3 is 2.61 bits per heavy atom. The predicted octanol–water partition coefficient (Wildman–Crippen LogP) is 1.32. The van der Waals surface area contributed by atoms with Crippen molar-refractivity contribution in [2.24, 2.45) is 0 Å². The summed E-state index contributed by atoms with van der Waals surface area (Å²) in [4.78, 5) is 16.4. The van der Waals surface area contributed by atoms with Crippen LogP contribution in [-0.4, -0.2) is 41.0 Å². The van der Waals surface area contributed by atoms with Gasteiger partial charge in [0, 0.05) is 18.2 Å². The first kappa shape index (κ1) is 14.2. The van der Waals surface area contributed by atoms with Crippen molar-refractivity contribution in [1.82, 2.24) is 9.88 Å². The second-order valence-corrected chi connectivity index (χ2v) is 4.92. The van der Waals surface area contributed by atoms with Crippen LogP contribution in [0.25, 0.3) is 0 Å². The zero-order valence-electron chi connectivity index (χ0n) is 11.1. The molecule has 0 aliphatic rings. The fourth-order valence-corrected chi connectivity index (χ4v) is 1.20. The van der Waals surface area contributed by atoms with Crippen LogP contribution in [0.15, 0.2) is 12.1 Å². The fourth-order valence-electron chi connectivity index (χ4n) is 1.20. The van der Waals surface area contributed by atoms with Crippen LogP contribution >= 0.6 is 0 Å². The molecule has 1 rings (SSSR count). The van der Waals surface area contributed by atoms with E-state index in [0.717, 1.165) is 0 Å². The number of hydrogen-bond acceptors (Lipinski definition) is 6. The number of likely N-dealkylation sites (N-methyl/N-ethyl adjacent to an activating group) is 1. The van der Waals surface area contributed by atoms with E-state index in [1.807, 2.05) is 32.8 Å². The molecule has 1 heterocycles. The molecule has 0 radical (unpaired) electrons. The topological polar surface area (TPSA) is 97.3 Å². The predicted molar refractivity (Wildman–Crippen MR) is 71.6 cm³/mol. The molecular weight excluding hydrogens is 234 g/mol. The zero-order valence-corrected chi connectivity index (χ0v) is 11.1. The van der Waals surface area contributed by atoms with Crippen LogP contribution in [0.3, 0.4) is 0 Å². The van der Waals surface area contributed by atoms with E-state index in [4.69, 9.17) is 5.73 Å². The summed E-state index contributed by atoms with van der Waals surface area (Å²) in [6, 6.07) is 2.77. The molecule has 7 heteroatoms. The molecule has 1 aromatic rings. The Morgan fingerprint density at radius 2 is 2.11 bits per heavy atom. The van der Waals surface area contributed by atoms with Crippen LogP contribution in [0.5, 0.6) is 0 Å². The van der Waals surface area contributed by atoms with Crippen molar-refractivity contribution < 1.29 is 4.92 Å². The Balaban J connectivity index is 2.90. The van der Waals surface area contributed by atoms with E-state index >= 15 is 0 Å². The Labute approximate surface area is 106 Å². The van der Waals surface area contributed by atoms with Crippen LogP contribution in [0.4, 0.5) is 17.3 Å². The van der Waals surface area contributed by atoms with Crippen molar-refractivity contribution >= 4 is 17.3 Å². The average Bonchev–Trinajstić information content (AvgIpc) is 2.26. The first-order valence-corrected chi connectivity index (χ1v) is 5.56. The quantitative estimate of drug-likeness (QED) is 0.606. The van der Waals surface area contributed by atoms with Gasteiger partial charge in [0.15, 0.2) is 0 Å². The highest BCUT2D eigenvalue weighted by atomic mass is 16.6. The molecule has 100 valence electrons. The van der Waals surface area contributed by atoms with Gasteiger partial charge in [0.1, 0.15) is 5.82 Å². The van der Waals surface area contributed by atoms with Gasteiger partial charge < -0.3 is 16.0 Å². The minimum Gasteiger partial charge on any atom is -0.384 e. The summed E-state index contributed by atoms with van der Waals surface area (Å²) < 4.78 is 0. The van der Waals surface area contributed by atoms with Gasteiger partial charge in [0.05, 0.1) is 4.92 Å². The lowest BCUT2D eigenvalue weighted by Crippen LogP contribution is -2.44. The molecule has 0 aliphatic heterocycles. The minimum absolute atomic E-state index is 0.0706. The molecule has 0 saturated carbocycles. The Hall–Kier alpha value is -1.89. The second-order valence-electron chi connectivity index (χ2n) is 4.92. The molecule has 7 nitrogen and oxygen atoms in total. The number of anilines is 2. The summed E-state index contributed by atoms with van der Waals surface area (Å²) in [5, 5.41) is 13.8. The van der Waals surface area contributed by atoms with E-state index in [1.54, 1.807) is 0 Å². The Bertz CT molecular complexity index is 445. The van der Waals surface area contributed by atoms with Gasteiger partial charge in [0.25, 0.3) is 0 Å². The molecule has 0 spiro atoms. The van der Waals surface area contributed by atoms with Crippen LogP contribution in [0.2, 0.25) is 0 Å². The summed E-state index contributed by atoms with van der Waals surface area (Å²) in [7, 11) is 3.89. The maximum atomic E-state index is 10.9. The maximum absolute atomic E-state index is 10.9. The molecule has 18 heavy (non-hydrogen) atoms. The molecule has 0 amide bonds. The lowest BCUT2D eigenvalue weighted by atomic mass is 10.0. The highest BCUT2D eigenvalue weighted by molar-refractivity contribution is 5.59. The summed E-state index contributed by atoms with van der Waals surface area (Å²) >= 11 is 0. The molecule has 3 N–H and O–H groups in total. The molecule has 0 bridgehead atoms. The molecule has 0 atom stereocenters. The number of hydrogen-bond donors (Lipinski definition) is 2. The highest BCUT2D eigenvalue weighted by Crippen LogP contribution is 2.23. The second kappa shape index (κ2) is 5.18. The van der Waals surface area contributed by atoms with E-state index in [0.29, 0.717) is 6.54 Å². The van der Waals surface area contributed by atoms with Crippen molar-refractivity contribution in [3.63, 3.8) is 0 Å². The van der Waals surface area contributed by atoms with E-state index in [-0.39, 0.29) is 22.9 Å². The SMILES string of the molecule is CN(C)C(C)(C)CNc1nc(N)ccc1[N+](=O)[O-]. The van der Waals surface area contributed by atoms with Gasteiger partial charge in [-0.3, -0.25) is 10.1 Å². The van der Waals surface area contributed by atoms with Crippen molar-refractivity contribution in [2.45, 2.75) is 19.4 Å². The minimum atomic E-state index is -0.475. The van der Waals surface area contributed by atoms with Crippen molar-refractivity contribution in [2.75, 3.05) is 31.7 Å². The van der Waals surface area contributed by atoms with Crippen molar-refractivity contribution in [3.8, 4) is 0 Å². The van der Waals surface area contributed by atoms with Crippen LogP contribution < -0.4 is 11.1 Å². The average molecular weight is 253 g/mol. The number of nitrogens with two attached hydrogens (primary N) is 1. The number of nitrogen functional groups attached to an aromatic ring is 1. The smallest absolute Gasteiger partial charge is 0.311 e. The third-order valence-electron chi connectivity index (χ3n) is 2.99. The van der Waals surface area contributed by atoms with E-state index in [1.165, 1.54) is 12.1 Å². The normalized spacial score (nSPS) is 11.6. The monoisotopic (exact) mass is 253 g/mol. The Kier molecular flexibility index (Phi) is 4.07. The zero-order chi connectivity index (χ0) is 13.9. The molecule has 1 aromatic heterocycles. The van der Waals surface area contributed by atoms with Gasteiger partial charge in [-0.1, -0.05) is 0 Å². The molecule has 0 aromatic carbocycles. The molecular formula is C11H19N5O2. The number of aromatic nitrogens is 1. The maximum Gasteiger partial charge on any atom is 0.311 e. The van der Waals surface area contributed by atoms with Gasteiger partial charge in [-0.2, -0.15) is 0 Å². The fraction of sp³-hybridized carbons (Fsp3) is 0.545. The highest BCUT2D eigenvalue weighted by Gasteiger charge is 2.23. The third-order valence-corrected chi connectivity index (χ3v) is 2.99. The Morgan fingerprint density at radius 1 is 1.50 bits per heavy atom. The first-order chi connectivity index (χ1) is 8.24. The van der Waals surface area contributed by atoms with Crippen molar-refractivity contribution in [1.29, 1.82) is 0 Å². The standard InChI is InChI=1S/C11H19N5O2/c1-11(2,15(3)4)7-13-10-8(16(17)18)5-6-9(12)14-10/h5-6H,7H2,1-4H3,(H3,12,13,14). The third kappa shape index (κ3) is 3.30. The van der Waals surface area contributed by atoms with Crippen LogP contribution in [0, 0.1) is 10.1 Å². The van der Waals surface area contributed by atoms with Crippen LogP contribution in [-0.2, 0) is 0 Å². The lowest BCUT2D eigenvalue weighted by molar-refractivity contribution is -0.384. The number of nitrogens with one attached hydrogen (secondary N) is 1. The molecule has 0 aliphatic carbocycles. The molecule has 0 unspecified atom stereocenters. The lowest BCUT2D eigenvalue weighted by Gasteiger charge is -2.32. The summed E-state index contributed by atoms with van der Waals surface area (Å²) in [5.74, 6) is 0.459. The molecule has 0 fully saturated rings. The summed E-state index contributed by atoms with van der Waals surface area (Å²) in [6.07, 6.45) is 0. The van der Waals surface area contributed by atoms with Gasteiger partial charge in [-0.15, -0.1) is 0 Å². The van der Waals surface area contributed by atoms with Gasteiger partial charge >= 0.3 is 5.69 Å². The van der Waals surface area contributed by atoms with Gasteiger partial charge in [0.2, 0.25) is 5.82 Å². The summed E-state index contributed by atoms with van der Waals surface area (Å²) in [6.45, 7) is 4.58. The van der Waals surface area contributed by atoms with Crippen molar-refractivity contribution in [3.05, 3.63) is 22.2 Å². The largest absolute Gasteiger partial charge is 0.384 e. The molecule has 0 saturated heterocycles. The summed E-state index contributed by atoms with van der Waals surface area (Å²) in [5.41, 5.74) is 5.32. The van der Waals surface area contributed by atoms with E-state index < -0.39 is 4.92 Å². The number of nitrogens with zero attached hydrogens (tertiary/aromatic N) is 3. The number of rotatable bonds is 5. The van der Waals surface area contributed by atoms with Gasteiger partial charge in [-0.05, 0) is 34.0 Å². The number of nitro groups is 1. The first-order valence-electron chi connectivity index (χ1n) is 5.56. The van der Waals surface area contributed by atoms with E-state index in [2.05, 4.69) is 10.3 Å².